The van der Waals surface area contributed by atoms with Crippen molar-refractivity contribution in [2.75, 3.05) is 7.11 Å². The van der Waals surface area contributed by atoms with E-state index in [0.29, 0.717) is 10.9 Å². The third-order valence-corrected chi connectivity index (χ3v) is 2.89. The number of nitrogens with zero attached hydrogens (tertiary/aromatic N) is 1. The van der Waals surface area contributed by atoms with Crippen LogP contribution in [0.3, 0.4) is 0 Å². The Labute approximate surface area is 104 Å². The lowest BCUT2D eigenvalue weighted by molar-refractivity contribution is 0.0587. The lowest BCUT2D eigenvalue weighted by Gasteiger charge is -2.10. The Morgan fingerprint density at radius 1 is 1.69 bits per heavy atom. The van der Waals surface area contributed by atoms with Crippen LogP contribution in [0.1, 0.15) is 28.0 Å². The topological polar surface area (TPSA) is 39.2 Å². The Morgan fingerprint density at radius 3 is 2.75 bits per heavy atom. The van der Waals surface area contributed by atoms with Gasteiger partial charge in [-0.25, -0.2) is 13.6 Å². The summed E-state index contributed by atoms with van der Waals surface area (Å²) in [4.78, 5) is 14.8. The molecular formula is C9H7BrClF2NO2. The molecule has 1 aromatic rings. The molecule has 0 aromatic carbocycles. The van der Waals surface area contributed by atoms with Gasteiger partial charge in [-0.2, -0.15) is 0 Å². The SMILES string of the molecule is COC(=O)c1c(C(F)F)ncc(CBr)c1Cl. The number of ether oxygens (including phenoxy) is 1. The molecule has 0 aliphatic carbocycles. The van der Waals surface area contributed by atoms with E-state index in [1.54, 1.807) is 0 Å². The van der Waals surface area contributed by atoms with Crippen LogP contribution in [0.2, 0.25) is 5.02 Å². The standard InChI is InChI=1S/C9H7BrClF2NO2/c1-16-9(15)5-6(11)4(2-10)3-14-7(5)8(12)13/h3,8H,2H2,1H3. The zero-order valence-corrected chi connectivity index (χ0v) is 10.5. The molecule has 0 spiro atoms. The molecule has 0 N–H and O–H groups in total. The van der Waals surface area contributed by atoms with Gasteiger partial charge in [0.1, 0.15) is 11.3 Å². The number of halogens is 4. The van der Waals surface area contributed by atoms with E-state index in [9.17, 15) is 13.6 Å². The summed E-state index contributed by atoms with van der Waals surface area (Å²) in [5.41, 5.74) is -0.593. The monoisotopic (exact) mass is 313 g/mol. The maximum absolute atomic E-state index is 12.6. The highest BCUT2D eigenvalue weighted by Gasteiger charge is 2.25. The predicted octanol–water partition coefficient (Wildman–Crippen LogP) is 3.35. The fraction of sp³-hybridized carbons (Fsp3) is 0.333. The van der Waals surface area contributed by atoms with Crippen LogP contribution in [-0.4, -0.2) is 18.1 Å². The van der Waals surface area contributed by atoms with Gasteiger partial charge >= 0.3 is 5.97 Å². The van der Waals surface area contributed by atoms with Gasteiger partial charge in [0.2, 0.25) is 0 Å². The van der Waals surface area contributed by atoms with Gasteiger partial charge in [0.15, 0.2) is 0 Å². The van der Waals surface area contributed by atoms with Crippen LogP contribution in [-0.2, 0) is 10.1 Å². The second kappa shape index (κ2) is 5.54. The van der Waals surface area contributed by atoms with Gasteiger partial charge in [0.25, 0.3) is 6.43 Å². The molecule has 1 heterocycles. The fourth-order valence-electron chi connectivity index (χ4n) is 1.10. The number of rotatable bonds is 3. The normalized spacial score (nSPS) is 10.6. The molecule has 1 aromatic heterocycles. The third-order valence-electron chi connectivity index (χ3n) is 1.86. The Morgan fingerprint density at radius 2 is 2.31 bits per heavy atom. The van der Waals surface area contributed by atoms with Crippen molar-refractivity contribution in [3.05, 3.63) is 28.0 Å². The first-order valence-corrected chi connectivity index (χ1v) is 5.62. The van der Waals surface area contributed by atoms with Crippen LogP contribution in [0, 0.1) is 0 Å². The van der Waals surface area contributed by atoms with E-state index >= 15 is 0 Å². The molecule has 0 radical (unpaired) electrons. The van der Waals surface area contributed by atoms with Crippen LogP contribution >= 0.6 is 27.5 Å². The molecule has 7 heteroatoms. The summed E-state index contributed by atoms with van der Waals surface area (Å²) < 4.78 is 29.6. The maximum atomic E-state index is 12.6. The van der Waals surface area contributed by atoms with Crippen LogP contribution in [0.15, 0.2) is 6.20 Å². The Bertz CT molecular complexity index is 415. The molecule has 3 nitrogen and oxygen atoms in total. The van der Waals surface area contributed by atoms with Crippen molar-refractivity contribution in [3.8, 4) is 0 Å². The van der Waals surface area contributed by atoms with E-state index < -0.39 is 18.1 Å². The first-order chi connectivity index (χ1) is 7.52. The van der Waals surface area contributed by atoms with Crippen molar-refractivity contribution in [1.29, 1.82) is 0 Å². The maximum Gasteiger partial charge on any atom is 0.341 e. The van der Waals surface area contributed by atoms with Crippen LogP contribution in [0.4, 0.5) is 8.78 Å². The summed E-state index contributed by atoms with van der Waals surface area (Å²) in [6, 6.07) is 0. The molecule has 0 fully saturated rings. The van der Waals surface area contributed by atoms with Crippen molar-refractivity contribution in [2.24, 2.45) is 0 Å². The summed E-state index contributed by atoms with van der Waals surface area (Å²) in [5, 5.41) is 0.251. The summed E-state index contributed by atoms with van der Waals surface area (Å²) in [6.07, 6.45) is -1.68. The number of carbonyl (C=O) groups excluding carboxylic acids is 1. The van der Waals surface area contributed by atoms with Crippen molar-refractivity contribution in [3.63, 3.8) is 0 Å². The second-order valence-electron chi connectivity index (χ2n) is 2.78. The van der Waals surface area contributed by atoms with E-state index in [1.165, 1.54) is 6.20 Å². The average molecular weight is 315 g/mol. The summed E-state index contributed by atoms with van der Waals surface area (Å²) in [7, 11) is 1.09. The zero-order chi connectivity index (χ0) is 12.3. The van der Waals surface area contributed by atoms with Gasteiger partial charge in [0, 0.05) is 17.1 Å². The highest BCUT2D eigenvalue weighted by Crippen LogP contribution is 2.30. The number of hydrogen-bond acceptors (Lipinski definition) is 3. The largest absolute Gasteiger partial charge is 0.465 e. The van der Waals surface area contributed by atoms with Crippen molar-refractivity contribution < 1.29 is 18.3 Å². The number of aromatic nitrogens is 1. The number of methoxy groups -OCH3 is 1. The molecule has 0 atom stereocenters. The minimum Gasteiger partial charge on any atom is -0.465 e. The number of carbonyl (C=O) groups is 1. The van der Waals surface area contributed by atoms with Crippen molar-refractivity contribution in [1.82, 2.24) is 4.98 Å². The van der Waals surface area contributed by atoms with E-state index in [1.807, 2.05) is 0 Å². The highest BCUT2D eigenvalue weighted by molar-refractivity contribution is 9.08. The molecule has 1 rings (SSSR count). The Hall–Kier alpha value is -0.750. The Balaban J connectivity index is 3.42. The summed E-state index contributed by atoms with van der Waals surface area (Å²) in [6.45, 7) is 0. The van der Waals surface area contributed by atoms with Crippen LogP contribution < -0.4 is 0 Å². The number of alkyl halides is 3. The molecule has 0 aliphatic heterocycles. The molecule has 0 aliphatic rings. The molecule has 0 amide bonds. The van der Waals surface area contributed by atoms with E-state index in [4.69, 9.17) is 11.6 Å². The molecular weight excluding hydrogens is 307 g/mol. The second-order valence-corrected chi connectivity index (χ2v) is 3.72. The minimum atomic E-state index is -2.88. The van der Waals surface area contributed by atoms with E-state index in [-0.39, 0.29) is 10.6 Å². The van der Waals surface area contributed by atoms with Crippen LogP contribution in [0.5, 0.6) is 0 Å². The quantitative estimate of drug-likeness (QED) is 0.634. The van der Waals surface area contributed by atoms with E-state index in [0.717, 1.165) is 7.11 Å². The third kappa shape index (κ3) is 2.49. The van der Waals surface area contributed by atoms with Crippen LogP contribution in [0.25, 0.3) is 0 Å². The fourth-order valence-corrected chi connectivity index (χ4v) is 1.97. The van der Waals surface area contributed by atoms with Gasteiger partial charge in [-0.05, 0) is 0 Å². The van der Waals surface area contributed by atoms with Gasteiger partial charge < -0.3 is 4.74 Å². The molecule has 0 saturated heterocycles. The molecule has 0 unspecified atom stereocenters. The lowest BCUT2D eigenvalue weighted by atomic mass is 10.1. The lowest BCUT2D eigenvalue weighted by Crippen LogP contribution is -2.10. The van der Waals surface area contributed by atoms with E-state index in [2.05, 4.69) is 25.7 Å². The first kappa shape index (κ1) is 13.3. The number of esters is 1. The first-order valence-electron chi connectivity index (χ1n) is 4.12. The van der Waals surface area contributed by atoms with Crippen molar-refractivity contribution >= 4 is 33.5 Å². The summed E-state index contributed by atoms with van der Waals surface area (Å²) in [5.74, 6) is -0.921. The van der Waals surface area contributed by atoms with Gasteiger partial charge in [-0.15, -0.1) is 0 Å². The summed E-state index contributed by atoms with van der Waals surface area (Å²) >= 11 is 8.94. The number of hydrogen-bond donors (Lipinski definition) is 0. The molecule has 16 heavy (non-hydrogen) atoms. The molecule has 0 saturated carbocycles. The van der Waals surface area contributed by atoms with Gasteiger partial charge in [0.05, 0.1) is 12.1 Å². The molecule has 88 valence electrons. The van der Waals surface area contributed by atoms with Gasteiger partial charge in [-0.1, -0.05) is 27.5 Å². The highest BCUT2D eigenvalue weighted by atomic mass is 79.9. The van der Waals surface area contributed by atoms with Crippen molar-refractivity contribution in [2.45, 2.75) is 11.8 Å². The Kier molecular flexibility index (Phi) is 4.61. The van der Waals surface area contributed by atoms with Gasteiger partial charge in [-0.3, -0.25) is 4.98 Å². The number of pyridine rings is 1. The smallest absolute Gasteiger partial charge is 0.341 e. The average Bonchev–Trinajstić information content (AvgIpc) is 2.27. The minimum absolute atomic E-state index is 0.0611. The predicted molar refractivity (Wildman–Crippen MR) is 58.2 cm³/mol. The molecule has 0 bridgehead atoms. The zero-order valence-electron chi connectivity index (χ0n) is 8.14.